The third-order valence-corrected chi connectivity index (χ3v) is 6.61. The van der Waals surface area contributed by atoms with Crippen LogP contribution in [-0.2, 0) is 16.1 Å². The van der Waals surface area contributed by atoms with Crippen molar-refractivity contribution in [3.8, 4) is 0 Å². The van der Waals surface area contributed by atoms with Crippen molar-refractivity contribution in [2.75, 3.05) is 6.61 Å². The van der Waals surface area contributed by atoms with Crippen molar-refractivity contribution in [1.29, 1.82) is 0 Å². The van der Waals surface area contributed by atoms with Crippen LogP contribution in [-0.4, -0.2) is 36.8 Å². The minimum Gasteiger partial charge on any atom is -0.479 e. The summed E-state index contributed by atoms with van der Waals surface area (Å²) < 4.78 is 5.75. The summed E-state index contributed by atoms with van der Waals surface area (Å²) in [5.41, 5.74) is 0.678. The van der Waals surface area contributed by atoms with Crippen molar-refractivity contribution in [3.05, 3.63) is 35.9 Å². The Labute approximate surface area is 134 Å². The molecule has 2 N–H and O–H groups in total. The molecule has 1 aromatic carbocycles. The van der Waals surface area contributed by atoms with E-state index in [4.69, 9.17) is 4.74 Å². The number of carboxylic acid groups (broad SMARTS) is 1. The fourth-order valence-corrected chi connectivity index (χ4v) is 4.60. The zero-order valence-electron chi connectivity index (χ0n) is 14.2. The molecule has 0 aliphatic rings. The molecule has 0 radical (unpaired) electrons. The summed E-state index contributed by atoms with van der Waals surface area (Å²) in [5.74, 6) is -1.58. The van der Waals surface area contributed by atoms with E-state index in [2.05, 4.69) is 0 Å². The van der Waals surface area contributed by atoms with Gasteiger partial charge in [-0.05, 0) is 11.0 Å². The largest absolute Gasteiger partial charge is 0.479 e. The van der Waals surface area contributed by atoms with Gasteiger partial charge in [0.15, 0.2) is 5.22 Å². The SMILES string of the molecule is C[SiH](C)[C@](O)(C(=O)O)C(COCc1ccccc1)C(C)(C)C. The van der Waals surface area contributed by atoms with Crippen molar-refractivity contribution in [2.24, 2.45) is 11.3 Å². The molecule has 0 saturated carbocycles. The third-order valence-electron chi connectivity index (χ3n) is 4.20. The van der Waals surface area contributed by atoms with Crippen LogP contribution >= 0.6 is 0 Å². The van der Waals surface area contributed by atoms with E-state index in [1.807, 2.05) is 64.2 Å². The highest BCUT2D eigenvalue weighted by Crippen LogP contribution is 2.37. The molecular formula is C17H28O4Si. The Bertz CT molecular complexity index is 481. The maximum Gasteiger partial charge on any atom is 0.332 e. The van der Waals surface area contributed by atoms with E-state index in [1.165, 1.54) is 0 Å². The molecule has 0 saturated heterocycles. The van der Waals surface area contributed by atoms with E-state index in [9.17, 15) is 15.0 Å². The molecule has 0 aliphatic heterocycles. The van der Waals surface area contributed by atoms with Gasteiger partial charge in [0.2, 0.25) is 0 Å². The van der Waals surface area contributed by atoms with Gasteiger partial charge in [-0.25, -0.2) is 4.79 Å². The summed E-state index contributed by atoms with van der Waals surface area (Å²) >= 11 is 0. The molecule has 0 bridgehead atoms. The van der Waals surface area contributed by atoms with Crippen LogP contribution in [0.3, 0.4) is 0 Å². The summed E-state index contributed by atoms with van der Waals surface area (Å²) in [5, 5.41) is 18.8. The zero-order chi connectivity index (χ0) is 17.0. The molecule has 2 atom stereocenters. The van der Waals surface area contributed by atoms with E-state index in [0.29, 0.717) is 6.61 Å². The predicted molar refractivity (Wildman–Crippen MR) is 90.5 cm³/mol. The third kappa shape index (κ3) is 4.41. The Kier molecular flexibility index (Phi) is 6.34. The van der Waals surface area contributed by atoms with Gasteiger partial charge in [-0.1, -0.05) is 64.2 Å². The van der Waals surface area contributed by atoms with Crippen LogP contribution in [0, 0.1) is 11.3 Å². The van der Waals surface area contributed by atoms with Gasteiger partial charge in [0, 0.05) is 5.92 Å². The number of hydrogen-bond acceptors (Lipinski definition) is 3. The summed E-state index contributed by atoms with van der Waals surface area (Å²) in [6, 6.07) is 9.75. The second kappa shape index (κ2) is 7.40. The second-order valence-electron chi connectivity index (χ2n) is 7.20. The highest BCUT2D eigenvalue weighted by atomic mass is 28.3. The van der Waals surface area contributed by atoms with Crippen LogP contribution in [0.15, 0.2) is 30.3 Å². The lowest BCUT2D eigenvalue weighted by Crippen LogP contribution is -2.60. The first-order chi connectivity index (χ1) is 10.1. The second-order valence-corrected chi connectivity index (χ2v) is 10.4. The lowest BCUT2D eigenvalue weighted by molar-refractivity contribution is -0.162. The number of carbonyl (C=O) groups is 1. The molecule has 0 aromatic heterocycles. The molecule has 0 spiro atoms. The van der Waals surface area contributed by atoms with Crippen LogP contribution in [0.25, 0.3) is 0 Å². The first-order valence-corrected chi connectivity index (χ1v) is 10.6. The molecule has 1 aromatic rings. The summed E-state index contributed by atoms with van der Waals surface area (Å²) in [4.78, 5) is 11.7. The minimum atomic E-state index is -1.86. The lowest BCUT2D eigenvalue weighted by Gasteiger charge is -2.42. The van der Waals surface area contributed by atoms with Crippen LogP contribution < -0.4 is 0 Å². The van der Waals surface area contributed by atoms with Crippen molar-refractivity contribution < 1.29 is 19.7 Å². The van der Waals surface area contributed by atoms with E-state index in [0.717, 1.165) is 5.56 Å². The van der Waals surface area contributed by atoms with Gasteiger partial charge in [0.25, 0.3) is 0 Å². The molecule has 0 heterocycles. The monoisotopic (exact) mass is 324 g/mol. The molecule has 5 heteroatoms. The highest BCUT2D eigenvalue weighted by Gasteiger charge is 2.51. The topological polar surface area (TPSA) is 66.8 Å². The maximum atomic E-state index is 11.7. The van der Waals surface area contributed by atoms with Gasteiger partial charge in [0.1, 0.15) is 0 Å². The Morgan fingerprint density at radius 1 is 1.23 bits per heavy atom. The zero-order valence-corrected chi connectivity index (χ0v) is 15.3. The van der Waals surface area contributed by atoms with Crippen LogP contribution in [0.5, 0.6) is 0 Å². The van der Waals surface area contributed by atoms with Gasteiger partial charge in [-0.15, -0.1) is 0 Å². The normalized spacial score (nSPS) is 16.3. The number of aliphatic carboxylic acids is 1. The molecule has 0 fully saturated rings. The van der Waals surface area contributed by atoms with Gasteiger partial charge < -0.3 is 14.9 Å². The van der Waals surface area contributed by atoms with Crippen molar-refractivity contribution in [2.45, 2.75) is 45.7 Å². The molecule has 1 unspecified atom stereocenters. The number of carboxylic acids is 1. The van der Waals surface area contributed by atoms with Crippen molar-refractivity contribution in [3.63, 3.8) is 0 Å². The molecule has 124 valence electrons. The molecular weight excluding hydrogens is 296 g/mol. The van der Waals surface area contributed by atoms with Gasteiger partial charge in [-0.2, -0.15) is 0 Å². The average molecular weight is 324 g/mol. The van der Waals surface area contributed by atoms with Gasteiger partial charge >= 0.3 is 5.97 Å². The summed E-state index contributed by atoms with van der Waals surface area (Å²) in [6.07, 6.45) is 0. The lowest BCUT2D eigenvalue weighted by atomic mass is 9.77. The molecule has 22 heavy (non-hydrogen) atoms. The fourth-order valence-electron chi connectivity index (χ4n) is 2.70. The number of hydrogen-bond donors (Lipinski definition) is 2. The van der Waals surface area contributed by atoms with Crippen molar-refractivity contribution >= 4 is 14.8 Å². The maximum absolute atomic E-state index is 11.7. The van der Waals surface area contributed by atoms with Gasteiger partial charge in [-0.3, -0.25) is 0 Å². The van der Waals surface area contributed by atoms with E-state index in [1.54, 1.807) is 0 Å². The summed E-state index contributed by atoms with van der Waals surface area (Å²) in [7, 11) is -1.86. The van der Waals surface area contributed by atoms with E-state index >= 15 is 0 Å². The highest BCUT2D eigenvalue weighted by molar-refractivity contribution is 6.63. The van der Waals surface area contributed by atoms with E-state index < -0.39 is 25.9 Å². The first-order valence-electron chi connectivity index (χ1n) is 7.67. The Balaban J connectivity index is 2.88. The Hall–Kier alpha value is -1.17. The number of benzene rings is 1. The smallest absolute Gasteiger partial charge is 0.332 e. The predicted octanol–water partition coefficient (Wildman–Crippen LogP) is 2.71. The Morgan fingerprint density at radius 3 is 2.18 bits per heavy atom. The number of rotatable bonds is 7. The van der Waals surface area contributed by atoms with E-state index in [-0.39, 0.29) is 12.0 Å². The number of ether oxygens (including phenoxy) is 1. The first kappa shape index (κ1) is 18.9. The molecule has 4 nitrogen and oxygen atoms in total. The van der Waals surface area contributed by atoms with Crippen LogP contribution in [0.2, 0.25) is 13.1 Å². The average Bonchev–Trinajstić information content (AvgIpc) is 2.42. The van der Waals surface area contributed by atoms with Crippen molar-refractivity contribution in [1.82, 2.24) is 0 Å². The van der Waals surface area contributed by atoms with Crippen LogP contribution in [0.4, 0.5) is 0 Å². The standard InChI is InChI=1S/C17H28O4Si/c1-16(2,3)14(17(20,15(18)19)22(4)5)12-21-11-13-9-7-6-8-10-13/h6-10,14,20,22H,11-12H2,1-5H3,(H,18,19)/t14?,17-/m0/s1. The Morgan fingerprint density at radius 2 is 1.77 bits per heavy atom. The quantitative estimate of drug-likeness (QED) is 0.757. The minimum absolute atomic E-state index is 0.229. The summed E-state index contributed by atoms with van der Waals surface area (Å²) in [6.45, 7) is 10.2. The fraction of sp³-hybridized carbons (Fsp3) is 0.588. The van der Waals surface area contributed by atoms with Gasteiger partial charge in [0.05, 0.1) is 22.0 Å². The van der Waals surface area contributed by atoms with Crippen LogP contribution in [0.1, 0.15) is 26.3 Å². The molecule has 1 rings (SSSR count). The molecule has 0 aliphatic carbocycles. The number of aliphatic hydroxyl groups is 1. The molecule has 0 amide bonds.